The van der Waals surface area contributed by atoms with Crippen molar-refractivity contribution >= 4 is 5.91 Å². The molecule has 0 saturated carbocycles. The molecular weight excluding hydrogens is 358 g/mol. The van der Waals surface area contributed by atoms with E-state index in [0.717, 1.165) is 22.4 Å². The van der Waals surface area contributed by atoms with Gasteiger partial charge < -0.3 is 19.9 Å². The molecule has 1 aromatic heterocycles. The van der Waals surface area contributed by atoms with Crippen LogP contribution in [0.15, 0.2) is 42.5 Å². The van der Waals surface area contributed by atoms with Crippen LogP contribution in [0.2, 0.25) is 0 Å². The quantitative estimate of drug-likeness (QED) is 0.610. The second-order valence-electron chi connectivity index (χ2n) is 6.38. The number of ether oxygens (including phenoxy) is 2. The number of aromatic hydroxyl groups is 1. The number of nitrogens with one attached hydrogen (secondary N) is 2. The number of amides is 1. The maximum atomic E-state index is 12.4. The molecule has 1 amide bonds. The number of phenols is 1. The van der Waals surface area contributed by atoms with Crippen molar-refractivity contribution in [1.29, 1.82) is 0 Å². The fourth-order valence-electron chi connectivity index (χ4n) is 3.41. The third kappa shape index (κ3) is 3.05. The number of phenolic OH excluding ortho intramolecular Hbond substituents is 1. The summed E-state index contributed by atoms with van der Waals surface area (Å²) in [4.78, 5) is 12.4. The van der Waals surface area contributed by atoms with Gasteiger partial charge in [-0.1, -0.05) is 6.07 Å². The van der Waals surface area contributed by atoms with Crippen molar-refractivity contribution in [2.24, 2.45) is 0 Å². The molecule has 0 spiro atoms. The molecule has 0 radical (unpaired) electrons. The Morgan fingerprint density at radius 2 is 1.82 bits per heavy atom. The zero-order chi connectivity index (χ0) is 19.7. The van der Waals surface area contributed by atoms with Gasteiger partial charge in [0.1, 0.15) is 11.4 Å². The number of aromatic amines is 1. The van der Waals surface area contributed by atoms with Crippen molar-refractivity contribution in [3.05, 3.63) is 59.3 Å². The van der Waals surface area contributed by atoms with Crippen LogP contribution in [0.3, 0.4) is 0 Å². The smallest absolute Gasteiger partial charge is 0.270 e. The second-order valence-corrected chi connectivity index (χ2v) is 6.38. The SMILES string of the molecule is CCOc1ccc(-c2n[nH]c3c2[C@@H](c2ccc(O)c(OCC)c2)NC3=O)cc1. The van der Waals surface area contributed by atoms with Gasteiger partial charge in [-0.3, -0.25) is 9.89 Å². The van der Waals surface area contributed by atoms with Crippen molar-refractivity contribution in [1.82, 2.24) is 15.5 Å². The summed E-state index contributed by atoms with van der Waals surface area (Å²) in [6, 6.07) is 12.3. The third-order valence-corrected chi connectivity index (χ3v) is 4.65. The molecule has 0 bridgehead atoms. The summed E-state index contributed by atoms with van der Waals surface area (Å²) in [5.41, 5.74) is 3.61. The van der Waals surface area contributed by atoms with E-state index in [2.05, 4.69) is 15.5 Å². The molecule has 3 aromatic rings. The number of hydrogen-bond donors (Lipinski definition) is 3. The second kappa shape index (κ2) is 7.26. The van der Waals surface area contributed by atoms with Gasteiger partial charge in [-0.15, -0.1) is 0 Å². The van der Waals surface area contributed by atoms with E-state index in [1.54, 1.807) is 18.2 Å². The van der Waals surface area contributed by atoms with Gasteiger partial charge in [0.25, 0.3) is 5.91 Å². The van der Waals surface area contributed by atoms with E-state index < -0.39 is 0 Å². The normalized spacial score (nSPS) is 15.2. The minimum Gasteiger partial charge on any atom is -0.504 e. The Kier molecular flexibility index (Phi) is 4.65. The summed E-state index contributed by atoms with van der Waals surface area (Å²) in [6.45, 7) is 4.81. The van der Waals surface area contributed by atoms with Gasteiger partial charge in [0, 0.05) is 11.1 Å². The molecule has 0 saturated heterocycles. The van der Waals surface area contributed by atoms with E-state index in [-0.39, 0.29) is 17.7 Å². The molecule has 2 aromatic carbocycles. The predicted molar refractivity (Wildman–Crippen MR) is 104 cm³/mol. The summed E-state index contributed by atoms with van der Waals surface area (Å²) in [7, 11) is 0. The largest absolute Gasteiger partial charge is 0.504 e. The number of aromatic nitrogens is 2. The van der Waals surface area contributed by atoms with Crippen LogP contribution in [-0.2, 0) is 0 Å². The fraction of sp³-hybridized carbons (Fsp3) is 0.238. The minimum atomic E-state index is -0.386. The van der Waals surface area contributed by atoms with Crippen LogP contribution in [0.4, 0.5) is 0 Å². The number of H-pyrrole nitrogens is 1. The van der Waals surface area contributed by atoms with Crippen LogP contribution < -0.4 is 14.8 Å². The van der Waals surface area contributed by atoms with E-state index in [0.29, 0.717) is 30.4 Å². The van der Waals surface area contributed by atoms with Gasteiger partial charge in [0.2, 0.25) is 0 Å². The van der Waals surface area contributed by atoms with Crippen molar-refractivity contribution in [2.45, 2.75) is 19.9 Å². The highest BCUT2D eigenvalue weighted by atomic mass is 16.5. The Bertz CT molecular complexity index is 1010. The highest BCUT2D eigenvalue weighted by molar-refractivity contribution is 6.00. The Morgan fingerprint density at radius 3 is 2.54 bits per heavy atom. The molecule has 0 aliphatic carbocycles. The molecule has 7 heteroatoms. The number of rotatable bonds is 6. The highest BCUT2D eigenvalue weighted by Crippen LogP contribution is 2.39. The first kappa shape index (κ1) is 17.9. The van der Waals surface area contributed by atoms with E-state index in [1.807, 2.05) is 38.1 Å². The lowest BCUT2D eigenvalue weighted by Crippen LogP contribution is -2.21. The van der Waals surface area contributed by atoms with Crippen molar-refractivity contribution in [3.63, 3.8) is 0 Å². The zero-order valence-corrected chi connectivity index (χ0v) is 15.7. The number of carbonyl (C=O) groups excluding carboxylic acids is 1. The molecule has 4 rings (SSSR count). The standard InChI is InChI=1S/C21H21N3O4/c1-3-27-14-8-5-12(6-9-14)19-17-18(22-21(26)20(17)24-23-19)13-7-10-15(25)16(11-13)28-4-2/h5-11,18,25H,3-4H2,1-2H3,(H,22,26)(H,23,24)/t18-/m1/s1. The van der Waals surface area contributed by atoms with Gasteiger partial charge in [-0.05, 0) is 55.8 Å². The van der Waals surface area contributed by atoms with Gasteiger partial charge >= 0.3 is 0 Å². The predicted octanol–water partition coefficient (Wildman–Crippen LogP) is 3.41. The van der Waals surface area contributed by atoms with Crippen LogP contribution >= 0.6 is 0 Å². The summed E-state index contributed by atoms with van der Waals surface area (Å²) in [5, 5.41) is 20.2. The zero-order valence-electron chi connectivity index (χ0n) is 15.7. The van der Waals surface area contributed by atoms with E-state index >= 15 is 0 Å². The van der Waals surface area contributed by atoms with Crippen molar-refractivity contribution < 1.29 is 19.4 Å². The molecule has 144 valence electrons. The highest BCUT2D eigenvalue weighted by Gasteiger charge is 2.35. The lowest BCUT2D eigenvalue weighted by molar-refractivity contribution is 0.0955. The molecule has 0 fully saturated rings. The molecule has 1 aliphatic rings. The van der Waals surface area contributed by atoms with E-state index in [9.17, 15) is 9.90 Å². The summed E-state index contributed by atoms with van der Waals surface area (Å²) >= 11 is 0. The lowest BCUT2D eigenvalue weighted by atomic mass is 9.96. The first-order valence-electron chi connectivity index (χ1n) is 9.20. The lowest BCUT2D eigenvalue weighted by Gasteiger charge is -2.15. The number of benzene rings is 2. The molecule has 3 N–H and O–H groups in total. The Labute approximate surface area is 162 Å². The molecule has 2 heterocycles. The number of hydrogen-bond acceptors (Lipinski definition) is 5. The van der Waals surface area contributed by atoms with E-state index in [1.165, 1.54) is 0 Å². The van der Waals surface area contributed by atoms with Gasteiger partial charge in [0.05, 0.1) is 24.9 Å². The Hall–Kier alpha value is -3.48. The number of carbonyl (C=O) groups is 1. The molecule has 0 unspecified atom stereocenters. The minimum absolute atomic E-state index is 0.0640. The Balaban J connectivity index is 1.75. The van der Waals surface area contributed by atoms with Crippen LogP contribution in [0.5, 0.6) is 17.2 Å². The average Bonchev–Trinajstić information content (AvgIpc) is 3.26. The number of nitrogens with zero attached hydrogens (tertiary/aromatic N) is 1. The first-order valence-corrected chi connectivity index (χ1v) is 9.20. The van der Waals surface area contributed by atoms with Crippen molar-refractivity contribution in [3.8, 4) is 28.5 Å². The van der Waals surface area contributed by atoms with Gasteiger partial charge in [-0.2, -0.15) is 5.10 Å². The topological polar surface area (TPSA) is 96.5 Å². The summed E-state index contributed by atoms with van der Waals surface area (Å²) in [5.74, 6) is 1.02. The fourth-order valence-corrected chi connectivity index (χ4v) is 3.41. The van der Waals surface area contributed by atoms with E-state index in [4.69, 9.17) is 9.47 Å². The van der Waals surface area contributed by atoms with Crippen LogP contribution in [-0.4, -0.2) is 34.4 Å². The van der Waals surface area contributed by atoms with Crippen LogP contribution in [0, 0.1) is 0 Å². The monoisotopic (exact) mass is 379 g/mol. The molecule has 1 atom stereocenters. The molecule has 28 heavy (non-hydrogen) atoms. The molecule has 1 aliphatic heterocycles. The average molecular weight is 379 g/mol. The number of fused-ring (bicyclic) bond motifs is 1. The van der Waals surface area contributed by atoms with Gasteiger partial charge in [-0.25, -0.2) is 0 Å². The third-order valence-electron chi connectivity index (χ3n) is 4.65. The van der Waals surface area contributed by atoms with Crippen molar-refractivity contribution in [2.75, 3.05) is 13.2 Å². The summed E-state index contributed by atoms with van der Waals surface area (Å²) in [6.07, 6.45) is 0. The first-order chi connectivity index (χ1) is 13.6. The Morgan fingerprint density at radius 1 is 1.07 bits per heavy atom. The van der Waals surface area contributed by atoms with Crippen LogP contribution in [0.25, 0.3) is 11.3 Å². The van der Waals surface area contributed by atoms with Gasteiger partial charge in [0.15, 0.2) is 11.5 Å². The molecular formula is C21H21N3O4. The molecule has 7 nitrogen and oxygen atoms in total. The maximum Gasteiger partial charge on any atom is 0.270 e. The summed E-state index contributed by atoms with van der Waals surface area (Å²) < 4.78 is 11.0. The maximum absolute atomic E-state index is 12.4. The van der Waals surface area contributed by atoms with Crippen LogP contribution in [0.1, 0.15) is 41.5 Å².